The molecule has 0 bridgehead atoms. The highest BCUT2D eigenvalue weighted by atomic mass is 79.9. The summed E-state index contributed by atoms with van der Waals surface area (Å²) in [6.45, 7) is 2.77. The van der Waals surface area contributed by atoms with E-state index in [-0.39, 0.29) is 29.7 Å². The third kappa shape index (κ3) is 7.39. The number of hydrogen-bond donors (Lipinski definition) is 1. The maximum absolute atomic E-state index is 13.1. The third-order valence-electron chi connectivity index (χ3n) is 5.98. The number of thioether (sulfide) groups is 1. The summed E-state index contributed by atoms with van der Waals surface area (Å²) in [7, 11) is 0. The Morgan fingerprint density at radius 2 is 1.82 bits per heavy atom. The highest BCUT2D eigenvalue weighted by Crippen LogP contribution is 2.39. The minimum atomic E-state index is -0.526. The van der Waals surface area contributed by atoms with Gasteiger partial charge in [-0.2, -0.15) is 0 Å². The van der Waals surface area contributed by atoms with Crippen molar-refractivity contribution < 1.29 is 33.0 Å². The lowest BCUT2D eigenvalue weighted by atomic mass is 10.1. The van der Waals surface area contributed by atoms with Crippen LogP contribution < -0.4 is 14.8 Å². The number of nitrogens with one attached hydrogen (secondary N) is 1. The van der Waals surface area contributed by atoms with Crippen LogP contribution in [0.3, 0.4) is 0 Å². The summed E-state index contributed by atoms with van der Waals surface area (Å²) in [6.07, 6.45) is 4.46. The first-order chi connectivity index (χ1) is 18.7. The number of benzene rings is 2. The molecule has 39 heavy (non-hydrogen) atoms. The summed E-state index contributed by atoms with van der Waals surface area (Å²) in [6, 6.07) is 8.65. The van der Waals surface area contributed by atoms with Gasteiger partial charge >= 0.3 is 0 Å². The van der Waals surface area contributed by atoms with Gasteiger partial charge in [-0.25, -0.2) is 4.39 Å². The Bertz CT molecular complexity index is 1300. The second-order valence-corrected chi connectivity index (χ2v) is 10.7. The number of anilines is 1. The number of nitrogens with zero attached hydrogens (tertiary/aromatic N) is 2. The monoisotopic (exact) mass is 619 g/mol. The van der Waals surface area contributed by atoms with Crippen molar-refractivity contribution in [1.29, 1.82) is 0 Å². The van der Waals surface area contributed by atoms with Crippen LogP contribution in [0.15, 0.2) is 45.8 Å². The number of carbonyl (C=O) groups is 4. The average molecular weight is 620 g/mol. The molecule has 0 radical (unpaired) electrons. The van der Waals surface area contributed by atoms with E-state index in [0.717, 1.165) is 35.9 Å². The molecule has 1 N–H and O–H groups in total. The Morgan fingerprint density at radius 3 is 2.51 bits per heavy atom. The Hall–Kier alpha value is -3.38. The number of likely N-dealkylation sites (tertiary alicyclic amines) is 1. The molecule has 0 spiro atoms. The number of hydrogen-bond acceptors (Lipinski definition) is 7. The van der Waals surface area contributed by atoms with Gasteiger partial charge in [-0.3, -0.25) is 24.1 Å². The molecule has 206 valence electrons. The predicted octanol–water partition coefficient (Wildman–Crippen LogP) is 5.05. The van der Waals surface area contributed by atoms with Gasteiger partial charge < -0.3 is 19.7 Å². The summed E-state index contributed by atoms with van der Waals surface area (Å²) < 4.78 is 25.0. The van der Waals surface area contributed by atoms with E-state index in [1.165, 1.54) is 24.3 Å². The standard InChI is InChI=1S/C27H27BrFN3O6S/c1-2-37-21-13-17(12-20(28)25(21)38-16-23(33)30-19-8-6-18(29)7-9-19)14-22-26(35)32(27(36)39-22)15-24(34)31-10-4-3-5-11-31/h6-9,12-14H,2-5,10-11,15-16H2,1H3,(H,30,33)/b22-14-. The normalized spacial score (nSPS) is 16.5. The lowest BCUT2D eigenvalue weighted by Gasteiger charge is -2.27. The van der Waals surface area contributed by atoms with Gasteiger partial charge in [0.05, 0.1) is 16.0 Å². The van der Waals surface area contributed by atoms with E-state index in [9.17, 15) is 23.6 Å². The van der Waals surface area contributed by atoms with Crippen LogP contribution >= 0.6 is 27.7 Å². The van der Waals surface area contributed by atoms with Crippen molar-refractivity contribution in [3.8, 4) is 11.5 Å². The lowest BCUT2D eigenvalue weighted by molar-refractivity contribution is -0.136. The molecule has 4 rings (SSSR count). The van der Waals surface area contributed by atoms with Crippen LogP contribution in [-0.4, -0.2) is 65.6 Å². The molecule has 0 unspecified atom stereocenters. The van der Waals surface area contributed by atoms with Gasteiger partial charge in [-0.15, -0.1) is 0 Å². The zero-order valence-electron chi connectivity index (χ0n) is 21.2. The molecule has 2 fully saturated rings. The topological polar surface area (TPSA) is 105 Å². The van der Waals surface area contributed by atoms with Crippen LogP contribution in [0.25, 0.3) is 6.08 Å². The number of ether oxygens (including phenoxy) is 2. The van der Waals surface area contributed by atoms with E-state index in [0.29, 0.717) is 41.2 Å². The molecule has 2 saturated heterocycles. The molecule has 0 aromatic heterocycles. The highest BCUT2D eigenvalue weighted by molar-refractivity contribution is 9.10. The average Bonchev–Trinajstić information content (AvgIpc) is 3.17. The molecule has 0 aliphatic carbocycles. The van der Waals surface area contributed by atoms with Crippen molar-refractivity contribution in [2.45, 2.75) is 26.2 Å². The Kier molecular flexibility index (Phi) is 9.63. The fourth-order valence-electron chi connectivity index (χ4n) is 4.11. The minimum Gasteiger partial charge on any atom is -0.490 e. The van der Waals surface area contributed by atoms with Gasteiger partial charge in [0.2, 0.25) is 5.91 Å². The first kappa shape index (κ1) is 28.6. The second-order valence-electron chi connectivity index (χ2n) is 8.82. The first-order valence-corrected chi connectivity index (χ1v) is 14.0. The summed E-state index contributed by atoms with van der Waals surface area (Å²) in [5, 5.41) is 2.12. The zero-order chi connectivity index (χ0) is 27.9. The quantitative estimate of drug-likeness (QED) is 0.391. The van der Waals surface area contributed by atoms with Gasteiger partial charge in [0, 0.05) is 18.8 Å². The summed E-state index contributed by atoms with van der Waals surface area (Å²) in [5.41, 5.74) is 0.984. The fourth-order valence-corrected chi connectivity index (χ4v) is 5.52. The van der Waals surface area contributed by atoms with E-state index < -0.39 is 22.9 Å². The number of piperidine rings is 1. The molecule has 2 aliphatic rings. The van der Waals surface area contributed by atoms with E-state index >= 15 is 0 Å². The van der Waals surface area contributed by atoms with Crippen molar-refractivity contribution in [3.05, 3.63) is 57.2 Å². The van der Waals surface area contributed by atoms with Gasteiger partial charge in [0.15, 0.2) is 18.1 Å². The van der Waals surface area contributed by atoms with Crippen LogP contribution in [-0.2, 0) is 14.4 Å². The summed E-state index contributed by atoms with van der Waals surface area (Å²) >= 11 is 4.21. The Balaban J connectivity index is 1.45. The van der Waals surface area contributed by atoms with Crippen molar-refractivity contribution in [2.24, 2.45) is 0 Å². The van der Waals surface area contributed by atoms with Crippen LogP contribution in [0.5, 0.6) is 11.5 Å². The molecule has 2 heterocycles. The first-order valence-electron chi connectivity index (χ1n) is 12.4. The molecule has 0 atom stereocenters. The Morgan fingerprint density at radius 1 is 1.10 bits per heavy atom. The van der Waals surface area contributed by atoms with Crippen LogP contribution in [0.2, 0.25) is 0 Å². The maximum atomic E-state index is 13.1. The fraction of sp³-hybridized carbons (Fsp3) is 0.333. The van der Waals surface area contributed by atoms with Crippen LogP contribution in [0, 0.1) is 5.82 Å². The maximum Gasteiger partial charge on any atom is 0.294 e. The molecule has 2 aromatic carbocycles. The molecule has 4 amide bonds. The van der Waals surface area contributed by atoms with Crippen LogP contribution in [0.4, 0.5) is 14.9 Å². The van der Waals surface area contributed by atoms with Crippen molar-refractivity contribution >= 4 is 62.4 Å². The van der Waals surface area contributed by atoms with Gasteiger partial charge in [-0.05, 0) is 102 Å². The highest BCUT2D eigenvalue weighted by Gasteiger charge is 2.37. The predicted molar refractivity (Wildman–Crippen MR) is 149 cm³/mol. The van der Waals surface area contributed by atoms with Crippen LogP contribution in [0.1, 0.15) is 31.7 Å². The van der Waals surface area contributed by atoms with Gasteiger partial charge in [0.25, 0.3) is 17.1 Å². The number of imide groups is 1. The van der Waals surface area contributed by atoms with E-state index in [2.05, 4.69) is 21.2 Å². The summed E-state index contributed by atoms with van der Waals surface area (Å²) in [4.78, 5) is 53.3. The molecular formula is C27H27BrFN3O6S. The largest absolute Gasteiger partial charge is 0.490 e. The molecule has 2 aliphatic heterocycles. The number of amides is 4. The molecule has 12 heteroatoms. The van der Waals surface area contributed by atoms with Gasteiger partial charge in [0.1, 0.15) is 12.4 Å². The van der Waals surface area contributed by atoms with Crippen molar-refractivity contribution in [2.75, 3.05) is 38.2 Å². The molecular weight excluding hydrogens is 593 g/mol. The smallest absolute Gasteiger partial charge is 0.294 e. The van der Waals surface area contributed by atoms with Crippen molar-refractivity contribution in [3.63, 3.8) is 0 Å². The van der Waals surface area contributed by atoms with Gasteiger partial charge in [-0.1, -0.05) is 0 Å². The molecule has 0 saturated carbocycles. The van der Waals surface area contributed by atoms with Crippen molar-refractivity contribution in [1.82, 2.24) is 9.80 Å². The third-order valence-corrected chi connectivity index (χ3v) is 7.48. The second kappa shape index (κ2) is 13.1. The number of rotatable bonds is 9. The van der Waals surface area contributed by atoms with E-state index in [1.807, 2.05) is 0 Å². The minimum absolute atomic E-state index is 0.188. The molecule has 2 aromatic rings. The summed E-state index contributed by atoms with van der Waals surface area (Å²) in [5.74, 6) is -1.01. The Labute approximate surface area is 237 Å². The number of halogens is 2. The number of carbonyl (C=O) groups excluding carboxylic acids is 4. The van der Waals surface area contributed by atoms with E-state index in [4.69, 9.17) is 9.47 Å². The van der Waals surface area contributed by atoms with E-state index in [1.54, 1.807) is 30.0 Å². The zero-order valence-corrected chi connectivity index (χ0v) is 23.6. The SMILES string of the molecule is CCOc1cc(/C=C2\SC(=O)N(CC(=O)N3CCCCC3)C2=O)cc(Br)c1OCC(=O)Nc1ccc(F)cc1. The lowest BCUT2D eigenvalue weighted by Crippen LogP contribution is -2.44. The molecule has 9 nitrogen and oxygen atoms in total.